The molecule has 21 heavy (non-hydrogen) atoms. The van der Waals surface area contributed by atoms with E-state index in [4.69, 9.17) is 0 Å². The third kappa shape index (κ3) is 3.22. The van der Waals surface area contributed by atoms with Crippen molar-refractivity contribution in [2.45, 2.75) is 13.8 Å². The van der Waals surface area contributed by atoms with Gasteiger partial charge < -0.3 is 5.32 Å². The Labute approximate surface area is 120 Å². The van der Waals surface area contributed by atoms with E-state index in [1.54, 1.807) is 6.07 Å². The lowest BCUT2D eigenvalue weighted by Crippen LogP contribution is -2.13. The molecule has 0 aliphatic rings. The first-order chi connectivity index (χ1) is 9.88. The van der Waals surface area contributed by atoms with Crippen molar-refractivity contribution in [3.63, 3.8) is 0 Å². The molecule has 0 fully saturated rings. The molecule has 0 atom stereocenters. The highest BCUT2D eigenvalue weighted by Crippen LogP contribution is 2.21. The second-order valence-electron chi connectivity index (χ2n) is 4.70. The van der Waals surface area contributed by atoms with Gasteiger partial charge in [0.25, 0.3) is 5.91 Å². The number of carbonyl (C=O) groups is 1. The summed E-state index contributed by atoms with van der Waals surface area (Å²) in [4.78, 5) is 21.9. The van der Waals surface area contributed by atoms with Crippen LogP contribution in [0, 0.1) is 29.8 Å². The summed E-state index contributed by atoms with van der Waals surface area (Å²) in [6, 6.07) is 8.62. The monoisotopic (exact) mass is 288 g/mol. The van der Waals surface area contributed by atoms with E-state index < -0.39 is 22.3 Å². The number of aryl methyl sites for hydroxylation is 2. The van der Waals surface area contributed by atoms with Gasteiger partial charge in [-0.15, -0.1) is 0 Å². The summed E-state index contributed by atoms with van der Waals surface area (Å²) in [7, 11) is 0. The smallest absolute Gasteiger partial charge is 0.305 e. The van der Waals surface area contributed by atoms with Gasteiger partial charge in [0.05, 0.1) is 4.92 Å². The predicted molar refractivity (Wildman–Crippen MR) is 76.9 cm³/mol. The van der Waals surface area contributed by atoms with Crippen LogP contribution in [0.3, 0.4) is 0 Å². The van der Waals surface area contributed by atoms with E-state index in [1.807, 2.05) is 26.0 Å². The Kier molecular flexibility index (Phi) is 3.98. The number of halogens is 1. The minimum Gasteiger partial charge on any atom is -0.322 e. The SMILES string of the molecule is Cc1ccc(C)c(NC(=O)c2ccc(F)c([N+](=O)[O-])c2)c1. The molecular formula is C15H13FN2O3. The number of nitrogens with one attached hydrogen (secondary N) is 1. The first-order valence-corrected chi connectivity index (χ1v) is 6.21. The van der Waals surface area contributed by atoms with Crippen molar-refractivity contribution in [1.29, 1.82) is 0 Å². The molecular weight excluding hydrogens is 275 g/mol. The molecule has 0 aliphatic heterocycles. The van der Waals surface area contributed by atoms with Crippen LogP contribution in [-0.4, -0.2) is 10.8 Å². The van der Waals surface area contributed by atoms with Crippen LogP contribution in [0.5, 0.6) is 0 Å². The highest BCUT2D eigenvalue weighted by Gasteiger charge is 2.17. The van der Waals surface area contributed by atoms with Crippen LogP contribution >= 0.6 is 0 Å². The van der Waals surface area contributed by atoms with E-state index >= 15 is 0 Å². The zero-order chi connectivity index (χ0) is 15.6. The number of nitrogens with zero attached hydrogens (tertiary/aromatic N) is 1. The molecule has 2 aromatic carbocycles. The number of anilines is 1. The number of hydrogen-bond acceptors (Lipinski definition) is 3. The van der Waals surface area contributed by atoms with Crippen LogP contribution < -0.4 is 5.32 Å². The maximum Gasteiger partial charge on any atom is 0.305 e. The standard InChI is InChI=1S/C15H13FN2O3/c1-9-3-4-10(2)13(7-9)17-15(19)11-5-6-12(16)14(8-11)18(20)21/h3-8H,1-2H3,(H,17,19). The Balaban J connectivity index is 2.30. The Morgan fingerprint density at radius 3 is 2.57 bits per heavy atom. The summed E-state index contributed by atoms with van der Waals surface area (Å²) in [6.45, 7) is 3.72. The zero-order valence-electron chi connectivity index (χ0n) is 11.5. The summed E-state index contributed by atoms with van der Waals surface area (Å²) in [5.41, 5.74) is 1.77. The summed E-state index contributed by atoms with van der Waals surface area (Å²) >= 11 is 0. The normalized spacial score (nSPS) is 10.2. The van der Waals surface area contributed by atoms with Crippen molar-refractivity contribution in [3.8, 4) is 0 Å². The highest BCUT2D eigenvalue weighted by molar-refractivity contribution is 6.05. The molecule has 6 heteroatoms. The molecule has 5 nitrogen and oxygen atoms in total. The van der Waals surface area contributed by atoms with Crippen LogP contribution in [0.2, 0.25) is 0 Å². The van der Waals surface area contributed by atoms with E-state index in [-0.39, 0.29) is 5.56 Å². The van der Waals surface area contributed by atoms with Crippen LogP contribution in [0.15, 0.2) is 36.4 Å². The number of benzene rings is 2. The molecule has 108 valence electrons. The van der Waals surface area contributed by atoms with Crippen LogP contribution in [0.1, 0.15) is 21.5 Å². The van der Waals surface area contributed by atoms with Gasteiger partial charge in [0.2, 0.25) is 5.82 Å². The maximum atomic E-state index is 13.3. The average molecular weight is 288 g/mol. The lowest BCUT2D eigenvalue weighted by molar-refractivity contribution is -0.387. The van der Waals surface area contributed by atoms with Crippen molar-refractivity contribution >= 4 is 17.3 Å². The molecule has 1 N–H and O–H groups in total. The minimum atomic E-state index is -0.969. The molecule has 0 aromatic heterocycles. The second-order valence-corrected chi connectivity index (χ2v) is 4.70. The third-order valence-electron chi connectivity index (χ3n) is 3.05. The fourth-order valence-corrected chi connectivity index (χ4v) is 1.86. The fraction of sp³-hybridized carbons (Fsp3) is 0.133. The van der Waals surface area contributed by atoms with Gasteiger partial charge in [0, 0.05) is 17.3 Å². The molecule has 0 bridgehead atoms. The molecule has 0 unspecified atom stereocenters. The zero-order valence-corrected chi connectivity index (χ0v) is 11.5. The number of carbonyl (C=O) groups excluding carboxylic acids is 1. The van der Waals surface area contributed by atoms with Crippen molar-refractivity contribution in [3.05, 3.63) is 69.0 Å². The average Bonchev–Trinajstić information content (AvgIpc) is 2.43. The van der Waals surface area contributed by atoms with E-state index in [9.17, 15) is 19.3 Å². The Morgan fingerprint density at radius 1 is 1.19 bits per heavy atom. The molecule has 0 heterocycles. The molecule has 0 aliphatic carbocycles. The molecule has 0 spiro atoms. The van der Waals surface area contributed by atoms with Gasteiger partial charge in [-0.2, -0.15) is 4.39 Å². The van der Waals surface area contributed by atoms with Gasteiger partial charge in [-0.1, -0.05) is 12.1 Å². The van der Waals surface area contributed by atoms with Crippen molar-refractivity contribution < 1.29 is 14.1 Å². The lowest BCUT2D eigenvalue weighted by atomic mass is 10.1. The Bertz CT molecular complexity index is 729. The van der Waals surface area contributed by atoms with Crippen LogP contribution in [0.25, 0.3) is 0 Å². The van der Waals surface area contributed by atoms with E-state index in [0.29, 0.717) is 5.69 Å². The van der Waals surface area contributed by atoms with Gasteiger partial charge >= 0.3 is 5.69 Å². The van der Waals surface area contributed by atoms with E-state index in [0.717, 1.165) is 23.3 Å². The molecule has 2 rings (SSSR count). The maximum absolute atomic E-state index is 13.3. The van der Waals surface area contributed by atoms with Gasteiger partial charge in [0.1, 0.15) is 0 Å². The largest absolute Gasteiger partial charge is 0.322 e. The summed E-state index contributed by atoms with van der Waals surface area (Å²) in [5.74, 6) is -1.49. The van der Waals surface area contributed by atoms with Gasteiger partial charge in [-0.3, -0.25) is 14.9 Å². The number of nitro benzene ring substituents is 1. The molecule has 0 saturated carbocycles. The Morgan fingerprint density at radius 2 is 1.90 bits per heavy atom. The van der Waals surface area contributed by atoms with Crippen molar-refractivity contribution in [2.75, 3.05) is 5.32 Å². The van der Waals surface area contributed by atoms with Crippen molar-refractivity contribution in [1.82, 2.24) is 0 Å². The third-order valence-corrected chi connectivity index (χ3v) is 3.05. The first-order valence-electron chi connectivity index (χ1n) is 6.21. The highest BCUT2D eigenvalue weighted by atomic mass is 19.1. The summed E-state index contributed by atoms with van der Waals surface area (Å²) in [6.07, 6.45) is 0. The van der Waals surface area contributed by atoms with Crippen molar-refractivity contribution in [2.24, 2.45) is 0 Å². The van der Waals surface area contributed by atoms with Gasteiger partial charge in [-0.25, -0.2) is 0 Å². The molecule has 0 radical (unpaired) electrons. The first kappa shape index (κ1) is 14.6. The second kappa shape index (κ2) is 5.70. The van der Waals surface area contributed by atoms with Gasteiger partial charge in [0.15, 0.2) is 0 Å². The van der Waals surface area contributed by atoms with Crippen LogP contribution in [-0.2, 0) is 0 Å². The Hall–Kier alpha value is -2.76. The predicted octanol–water partition coefficient (Wildman–Crippen LogP) is 3.60. The van der Waals surface area contributed by atoms with E-state index in [2.05, 4.69) is 5.32 Å². The van der Waals surface area contributed by atoms with Crippen LogP contribution in [0.4, 0.5) is 15.8 Å². The summed E-state index contributed by atoms with van der Waals surface area (Å²) in [5, 5.41) is 13.4. The lowest BCUT2D eigenvalue weighted by Gasteiger charge is -2.09. The molecule has 0 saturated heterocycles. The minimum absolute atomic E-state index is 0.0315. The quantitative estimate of drug-likeness (QED) is 0.692. The molecule has 1 amide bonds. The number of rotatable bonds is 3. The topological polar surface area (TPSA) is 72.2 Å². The van der Waals surface area contributed by atoms with Gasteiger partial charge in [-0.05, 0) is 43.2 Å². The number of hydrogen-bond donors (Lipinski definition) is 1. The fourth-order valence-electron chi connectivity index (χ4n) is 1.86. The molecule has 2 aromatic rings. The number of nitro groups is 1. The number of amides is 1. The summed E-state index contributed by atoms with van der Waals surface area (Å²) < 4.78 is 13.3. The van der Waals surface area contributed by atoms with E-state index in [1.165, 1.54) is 6.07 Å².